The van der Waals surface area contributed by atoms with Gasteiger partial charge in [-0.1, -0.05) is 30.3 Å². The molecule has 0 bridgehead atoms. The lowest BCUT2D eigenvalue weighted by atomic mass is 10.1. The molecule has 0 amide bonds. The van der Waals surface area contributed by atoms with Gasteiger partial charge in [0.2, 0.25) is 0 Å². The van der Waals surface area contributed by atoms with Gasteiger partial charge in [-0.3, -0.25) is 4.79 Å². The zero-order valence-corrected chi connectivity index (χ0v) is 14.6. The minimum absolute atomic E-state index is 0.235. The molecule has 1 N–H and O–H groups in total. The molecule has 1 aromatic heterocycles. The number of thiophene rings is 1. The predicted octanol–water partition coefficient (Wildman–Crippen LogP) is 5.05. The Morgan fingerprint density at radius 2 is 1.83 bits per heavy atom. The first-order chi connectivity index (χ1) is 11.1. The topological polar surface area (TPSA) is 37.3 Å². The SMILES string of the molecule is CC(O)CCCc1ccc(C(=O)CCCCc2ccccc2)s1. The van der Waals surface area contributed by atoms with Gasteiger partial charge in [-0.2, -0.15) is 0 Å². The fourth-order valence-corrected chi connectivity index (χ4v) is 3.63. The van der Waals surface area contributed by atoms with Crippen LogP contribution < -0.4 is 0 Å². The normalized spacial score (nSPS) is 12.3. The summed E-state index contributed by atoms with van der Waals surface area (Å²) in [6, 6.07) is 14.5. The minimum atomic E-state index is -0.235. The lowest BCUT2D eigenvalue weighted by Gasteiger charge is -2.02. The Morgan fingerprint density at radius 3 is 2.57 bits per heavy atom. The molecule has 2 rings (SSSR count). The highest BCUT2D eigenvalue weighted by Crippen LogP contribution is 2.21. The Kier molecular flexibility index (Phi) is 7.50. The average molecular weight is 330 g/mol. The van der Waals surface area contributed by atoms with E-state index in [0.29, 0.717) is 6.42 Å². The van der Waals surface area contributed by atoms with E-state index in [9.17, 15) is 9.90 Å². The first kappa shape index (κ1) is 17.9. The van der Waals surface area contributed by atoms with Crippen molar-refractivity contribution in [2.75, 3.05) is 0 Å². The quantitative estimate of drug-likeness (QED) is 0.489. The van der Waals surface area contributed by atoms with Crippen LogP contribution in [-0.2, 0) is 12.8 Å². The van der Waals surface area contributed by atoms with Crippen molar-refractivity contribution >= 4 is 17.1 Å². The van der Waals surface area contributed by atoms with E-state index in [-0.39, 0.29) is 11.9 Å². The number of carbonyl (C=O) groups is 1. The third kappa shape index (κ3) is 6.67. The third-order valence-electron chi connectivity index (χ3n) is 3.94. The minimum Gasteiger partial charge on any atom is -0.393 e. The van der Waals surface area contributed by atoms with Gasteiger partial charge in [0.05, 0.1) is 11.0 Å². The Balaban J connectivity index is 1.68. The number of hydrogen-bond acceptors (Lipinski definition) is 3. The van der Waals surface area contributed by atoms with Gasteiger partial charge in [0, 0.05) is 11.3 Å². The Bertz CT molecular complexity index is 587. The molecule has 0 fully saturated rings. The summed E-state index contributed by atoms with van der Waals surface area (Å²) in [5, 5.41) is 9.28. The number of rotatable bonds is 10. The summed E-state index contributed by atoms with van der Waals surface area (Å²) in [7, 11) is 0. The van der Waals surface area contributed by atoms with E-state index in [1.807, 2.05) is 19.1 Å². The van der Waals surface area contributed by atoms with Crippen LogP contribution in [0.4, 0.5) is 0 Å². The van der Waals surface area contributed by atoms with Gasteiger partial charge in [-0.15, -0.1) is 11.3 Å². The van der Waals surface area contributed by atoms with E-state index >= 15 is 0 Å². The van der Waals surface area contributed by atoms with Crippen LogP contribution in [0.25, 0.3) is 0 Å². The summed E-state index contributed by atoms with van der Waals surface area (Å²) < 4.78 is 0. The molecule has 0 aliphatic rings. The second-order valence-corrected chi connectivity index (χ2v) is 7.29. The second-order valence-electron chi connectivity index (χ2n) is 6.12. The molecule has 1 heterocycles. The molecular weight excluding hydrogens is 304 g/mol. The number of hydrogen-bond donors (Lipinski definition) is 1. The molecule has 124 valence electrons. The molecule has 0 saturated heterocycles. The van der Waals surface area contributed by atoms with Crippen molar-refractivity contribution in [3.05, 3.63) is 57.8 Å². The van der Waals surface area contributed by atoms with Crippen LogP contribution in [-0.4, -0.2) is 17.0 Å². The fourth-order valence-electron chi connectivity index (χ4n) is 2.62. The van der Waals surface area contributed by atoms with Gasteiger partial charge < -0.3 is 5.11 Å². The van der Waals surface area contributed by atoms with Crippen LogP contribution >= 0.6 is 11.3 Å². The highest BCUT2D eigenvalue weighted by Gasteiger charge is 2.09. The van der Waals surface area contributed by atoms with Crippen molar-refractivity contribution in [3.8, 4) is 0 Å². The maximum atomic E-state index is 12.2. The van der Waals surface area contributed by atoms with E-state index in [2.05, 4.69) is 30.3 Å². The standard InChI is InChI=1S/C20H26O2S/c1-16(21)8-7-12-18-14-15-20(23-18)19(22)13-6-5-11-17-9-3-2-4-10-17/h2-4,9-10,14-16,21H,5-8,11-13H2,1H3. The molecule has 0 aliphatic carbocycles. The maximum Gasteiger partial charge on any atom is 0.172 e. The molecule has 0 spiro atoms. The van der Waals surface area contributed by atoms with Crippen LogP contribution in [0.2, 0.25) is 0 Å². The first-order valence-corrected chi connectivity index (χ1v) is 9.30. The molecule has 1 aromatic carbocycles. The van der Waals surface area contributed by atoms with Gasteiger partial charge in [0.1, 0.15) is 0 Å². The molecule has 3 heteroatoms. The summed E-state index contributed by atoms with van der Waals surface area (Å²) in [4.78, 5) is 14.4. The van der Waals surface area contributed by atoms with Crippen molar-refractivity contribution in [1.82, 2.24) is 0 Å². The molecule has 1 unspecified atom stereocenters. The van der Waals surface area contributed by atoms with Crippen LogP contribution in [0.1, 0.15) is 59.1 Å². The molecule has 1 atom stereocenters. The average Bonchev–Trinajstić information content (AvgIpc) is 3.01. The van der Waals surface area contributed by atoms with Crippen molar-refractivity contribution in [1.29, 1.82) is 0 Å². The fraction of sp³-hybridized carbons (Fsp3) is 0.450. The van der Waals surface area contributed by atoms with Crippen molar-refractivity contribution in [3.63, 3.8) is 0 Å². The van der Waals surface area contributed by atoms with E-state index in [4.69, 9.17) is 0 Å². The van der Waals surface area contributed by atoms with Gasteiger partial charge in [-0.25, -0.2) is 0 Å². The third-order valence-corrected chi connectivity index (χ3v) is 5.13. The zero-order chi connectivity index (χ0) is 16.5. The maximum absolute atomic E-state index is 12.2. The molecular formula is C20H26O2S. The Morgan fingerprint density at radius 1 is 1.04 bits per heavy atom. The zero-order valence-electron chi connectivity index (χ0n) is 13.8. The Labute approximate surface area is 143 Å². The monoisotopic (exact) mass is 330 g/mol. The van der Waals surface area contributed by atoms with Crippen molar-refractivity contribution < 1.29 is 9.90 Å². The van der Waals surface area contributed by atoms with Gasteiger partial charge in [-0.05, 0) is 63.1 Å². The number of aliphatic hydroxyl groups is 1. The van der Waals surface area contributed by atoms with Crippen LogP contribution in [0.3, 0.4) is 0 Å². The van der Waals surface area contributed by atoms with E-state index in [1.165, 1.54) is 10.4 Å². The number of carbonyl (C=O) groups excluding carboxylic acids is 1. The summed E-state index contributed by atoms with van der Waals surface area (Å²) in [6.07, 6.45) is 6.20. The van der Waals surface area contributed by atoms with Gasteiger partial charge in [0.15, 0.2) is 5.78 Å². The van der Waals surface area contributed by atoms with E-state index in [1.54, 1.807) is 11.3 Å². The molecule has 2 aromatic rings. The summed E-state index contributed by atoms with van der Waals surface area (Å²) >= 11 is 1.62. The van der Waals surface area contributed by atoms with E-state index < -0.39 is 0 Å². The van der Waals surface area contributed by atoms with Crippen LogP contribution in [0.5, 0.6) is 0 Å². The summed E-state index contributed by atoms with van der Waals surface area (Å²) in [5.41, 5.74) is 1.34. The second kappa shape index (κ2) is 9.64. The summed E-state index contributed by atoms with van der Waals surface area (Å²) in [6.45, 7) is 1.82. The van der Waals surface area contributed by atoms with Crippen LogP contribution in [0.15, 0.2) is 42.5 Å². The predicted molar refractivity (Wildman–Crippen MR) is 97.3 cm³/mol. The first-order valence-electron chi connectivity index (χ1n) is 8.49. The number of benzene rings is 1. The molecule has 23 heavy (non-hydrogen) atoms. The smallest absolute Gasteiger partial charge is 0.172 e. The van der Waals surface area contributed by atoms with Crippen molar-refractivity contribution in [2.45, 2.75) is 58.0 Å². The number of Topliss-reactive ketones (excluding diaryl/α,β-unsaturated/α-hetero) is 1. The number of aryl methyl sites for hydroxylation is 2. The highest BCUT2D eigenvalue weighted by atomic mass is 32.1. The largest absolute Gasteiger partial charge is 0.393 e. The number of ketones is 1. The van der Waals surface area contributed by atoms with Crippen molar-refractivity contribution in [2.24, 2.45) is 0 Å². The lowest BCUT2D eigenvalue weighted by Crippen LogP contribution is -1.99. The number of aliphatic hydroxyl groups excluding tert-OH is 1. The van der Waals surface area contributed by atoms with Crippen LogP contribution in [0, 0.1) is 0 Å². The summed E-state index contributed by atoms with van der Waals surface area (Å²) in [5.74, 6) is 0.268. The highest BCUT2D eigenvalue weighted by molar-refractivity contribution is 7.14. The Hall–Kier alpha value is -1.45. The number of unbranched alkanes of at least 4 members (excludes halogenated alkanes) is 1. The molecule has 2 nitrogen and oxygen atoms in total. The van der Waals surface area contributed by atoms with E-state index in [0.717, 1.165) is 43.4 Å². The molecule has 0 aliphatic heterocycles. The van der Waals surface area contributed by atoms with Gasteiger partial charge >= 0.3 is 0 Å². The lowest BCUT2D eigenvalue weighted by molar-refractivity contribution is 0.0983. The molecule has 0 radical (unpaired) electrons. The van der Waals surface area contributed by atoms with Gasteiger partial charge in [0.25, 0.3) is 0 Å². The molecule has 0 saturated carbocycles.